The van der Waals surface area contributed by atoms with Crippen LogP contribution in [0, 0.1) is 12.1 Å². The van der Waals surface area contributed by atoms with Crippen molar-refractivity contribution in [2.24, 2.45) is 10.3 Å². The predicted molar refractivity (Wildman–Crippen MR) is 96.0 cm³/mol. The second kappa shape index (κ2) is 10.7. The molecule has 140 valence electrons. The van der Waals surface area contributed by atoms with Gasteiger partial charge in [0.25, 0.3) is 0 Å². The molecule has 12 heteroatoms. The van der Waals surface area contributed by atoms with Gasteiger partial charge in [-0.1, -0.05) is 10.8 Å². The SMILES string of the molecule is CN(C)N=Nc1c[c-]ccc1-c1c(OS(=O)(=O)O)oc2c[c-]ccc2c1=O.[Na+].[Na+]. The maximum absolute atomic E-state index is 13.0. The summed E-state index contributed by atoms with van der Waals surface area (Å²) in [5.74, 6) is -0.692. The fraction of sp³-hybridized carbons (Fsp3) is 0.118. The van der Waals surface area contributed by atoms with Crippen molar-refractivity contribution >= 4 is 27.1 Å². The maximum atomic E-state index is 13.0. The van der Waals surface area contributed by atoms with E-state index in [0.29, 0.717) is 0 Å². The molecule has 3 aromatic rings. The molecule has 0 amide bonds. The van der Waals surface area contributed by atoms with Gasteiger partial charge in [-0.05, 0) is 11.1 Å². The van der Waals surface area contributed by atoms with Gasteiger partial charge in [0.15, 0.2) is 5.43 Å². The minimum Gasteiger partial charge on any atom is -0.488 e. The van der Waals surface area contributed by atoms with Crippen LogP contribution in [0.5, 0.6) is 5.95 Å². The molecular formula is C17H13N3Na2O6S. The van der Waals surface area contributed by atoms with Crippen molar-refractivity contribution < 1.29 is 80.7 Å². The molecule has 0 saturated heterocycles. The molecule has 0 radical (unpaired) electrons. The van der Waals surface area contributed by atoms with Crippen LogP contribution < -0.4 is 68.7 Å². The van der Waals surface area contributed by atoms with Gasteiger partial charge < -0.3 is 8.60 Å². The van der Waals surface area contributed by atoms with Crippen molar-refractivity contribution in [3.8, 4) is 17.1 Å². The Hall–Kier alpha value is -1.24. The van der Waals surface area contributed by atoms with E-state index in [1.165, 1.54) is 41.4 Å². The third-order valence-electron chi connectivity index (χ3n) is 3.33. The van der Waals surface area contributed by atoms with Gasteiger partial charge in [-0.25, -0.2) is 0 Å². The summed E-state index contributed by atoms with van der Waals surface area (Å²) in [7, 11) is -1.63. The van der Waals surface area contributed by atoms with Crippen LogP contribution >= 0.6 is 0 Å². The molecular weight excluding hydrogens is 420 g/mol. The van der Waals surface area contributed by atoms with E-state index in [4.69, 9.17) is 8.97 Å². The second-order valence-electron chi connectivity index (χ2n) is 5.51. The molecule has 0 saturated carbocycles. The van der Waals surface area contributed by atoms with Crippen LogP contribution in [0.3, 0.4) is 0 Å². The van der Waals surface area contributed by atoms with Crippen molar-refractivity contribution in [1.82, 2.24) is 5.01 Å². The van der Waals surface area contributed by atoms with Gasteiger partial charge in [0.1, 0.15) is 0 Å². The van der Waals surface area contributed by atoms with E-state index in [1.807, 2.05) is 0 Å². The first-order valence-electron chi connectivity index (χ1n) is 7.49. The molecule has 0 unspecified atom stereocenters. The zero-order chi connectivity index (χ0) is 19.6. The Bertz CT molecular complexity index is 1200. The zero-order valence-corrected chi connectivity index (χ0v) is 21.0. The average Bonchev–Trinajstić information content (AvgIpc) is 2.59. The molecule has 29 heavy (non-hydrogen) atoms. The van der Waals surface area contributed by atoms with Crippen LogP contribution in [-0.4, -0.2) is 32.1 Å². The van der Waals surface area contributed by atoms with E-state index in [9.17, 15) is 13.2 Å². The Morgan fingerprint density at radius 3 is 2.45 bits per heavy atom. The normalized spacial score (nSPS) is 11.0. The van der Waals surface area contributed by atoms with E-state index in [2.05, 4.69) is 26.7 Å². The average molecular weight is 433 g/mol. The van der Waals surface area contributed by atoms with E-state index in [1.54, 1.807) is 14.1 Å². The smallest absolute Gasteiger partial charge is 0.488 e. The molecule has 3 rings (SSSR count). The second-order valence-corrected chi connectivity index (χ2v) is 6.53. The molecule has 9 nitrogen and oxygen atoms in total. The van der Waals surface area contributed by atoms with Gasteiger partial charge in [-0.15, -0.1) is 12.1 Å². The largest absolute Gasteiger partial charge is 1.00 e. The molecule has 0 aliphatic carbocycles. The summed E-state index contributed by atoms with van der Waals surface area (Å²) in [6, 6.07) is 14.3. The van der Waals surface area contributed by atoms with Gasteiger partial charge >= 0.3 is 75.5 Å². The van der Waals surface area contributed by atoms with Gasteiger partial charge in [0.05, 0.1) is 5.56 Å². The Morgan fingerprint density at radius 2 is 1.79 bits per heavy atom. The van der Waals surface area contributed by atoms with Crippen molar-refractivity contribution in [3.05, 3.63) is 58.8 Å². The summed E-state index contributed by atoms with van der Waals surface area (Å²) in [6.45, 7) is 0. The minimum atomic E-state index is -4.94. The molecule has 0 aliphatic rings. The molecule has 0 aliphatic heterocycles. The first-order chi connectivity index (χ1) is 12.8. The molecule has 1 N–H and O–H groups in total. The van der Waals surface area contributed by atoms with Crippen LogP contribution in [0.15, 0.2) is 55.9 Å². The van der Waals surface area contributed by atoms with E-state index in [-0.39, 0.29) is 86.9 Å². The van der Waals surface area contributed by atoms with Crippen LogP contribution in [0.4, 0.5) is 5.69 Å². The third-order valence-corrected chi connectivity index (χ3v) is 3.69. The molecule has 0 atom stereocenters. The molecule has 2 aromatic carbocycles. The fourth-order valence-electron chi connectivity index (χ4n) is 2.31. The standard InChI is InChI=1S/C17H13N3O6S.2Na/c1-20(2)19-18-13-9-5-3-7-11(13)15-16(21)12-8-4-6-10-14(12)25-17(15)26-27(22,23)24;;/h3-4,7-10H,1-2H3,(H,22,23,24);;/q-2;2*+1. The van der Waals surface area contributed by atoms with Crippen molar-refractivity contribution in [1.29, 1.82) is 0 Å². The van der Waals surface area contributed by atoms with E-state index >= 15 is 0 Å². The van der Waals surface area contributed by atoms with Gasteiger partial charge in [0.2, 0.25) is 0 Å². The first kappa shape index (κ1) is 25.8. The summed E-state index contributed by atoms with van der Waals surface area (Å²) in [4.78, 5) is 13.0. The van der Waals surface area contributed by atoms with Crippen LogP contribution in [0.2, 0.25) is 0 Å². The number of nitrogens with zero attached hydrogens (tertiary/aromatic N) is 3. The van der Waals surface area contributed by atoms with Gasteiger partial charge in [-0.2, -0.15) is 49.9 Å². The van der Waals surface area contributed by atoms with Crippen LogP contribution in [0.1, 0.15) is 0 Å². The van der Waals surface area contributed by atoms with E-state index < -0.39 is 21.8 Å². The molecule has 0 spiro atoms. The summed E-state index contributed by atoms with van der Waals surface area (Å²) in [5.41, 5.74) is -0.338. The number of fused-ring (bicyclic) bond motifs is 1. The van der Waals surface area contributed by atoms with Crippen molar-refractivity contribution in [2.75, 3.05) is 14.1 Å². The van der Waals surface area contributed by atoms with Gasteiger partial charge in [-0.3, -0.25) is 14.4 Å². The maximum Gasteiger partial charge on any atom is 1.00 e. The monoisotopic (exact) mass is 433 g/mol. The molecule has 1 aromatic heterocycles. The Labute approximate surface area is 211 Å². The fourth-order valence-corrected chi connectivity index (χ4v) is 2.61. The first-order valence-corrected chi connectivity index (χ1v) is 8.86. The zero-order valence-electron chi connectivity index (χ0n) is 16.2. The number of rotatable bonds is 5. The number of hydrogen-bond acceptors (Lipinski definition) is 7. The summed E-state index contributed by atoms with van der Waals surface area (Å²) >= 11 is 0. The van der Waals surface area contributed by atoms with Crippen LogP contribution in [0.25, 0.3) is 22.1 Å². The minimum absolute atomic E-state index is 0. The van der Waals surface area contributed by atoms with Crippen molar-refractivity contribution in [3.63, 3.8) is 0 Å². The number of benzene rings is 2. The Morgan fingerprint density at radius 1 is 1.14 bits per heavy atom. The van der Waals surface area contributed by atoms with Crippen LogP contribution in [-0.2, 0) is 10.4 Å². The van der Waals surface area contributed by atoms with Crippen molar-refractivity contribution in [2.45, 2.75) is 0 Å². The molecule has 0 bridgehead atoms. The van der Waals surface area contributed by atoms with E-state index in [0.717, 1.165) is 0 Å². The Kier molecular flexibility index (Phi) is 9.51. The predicted octanol–water partition coefficient (Wildman–Crippen LogP) is -3.19. The summed E-state index contributed by atoms with van der Waals surface area (Å²) in [5, 5.41) is 9.49. The Balaban J connectivity index is 0.00000210. The topological polar surface area (TPSA) is 122 Å². The quantitative estimate of drug-likeness (QED) is 0.148. The summed E-state index contributed by atoms with van der Waals surface area (Å²) < 4.78 is 41.5. The summed E-state index contributed by atoms with van der Waals surface area (Å²) in [6.07, 6.45) is 0. The molecule has 1 heterocycles. The number of hydrogen-bond donors (Lipinski definition) is 1. The molecule has 0 fully saturated rings. The third kappa shape index (κ3) is 6.37. The van der Waals surface area contributed by atoms with Gasteiger partial charge in [0, 0.05) is 19.7 Å².